The first-order chi connectivity index (χ1) is 19.3. The van der Waals surface area contributed by atoms with Crippen molar-refractivity contribution in [1.82, 2.24) is 15.2 Å². The molecule has 1 N–H and O–H groups in total. The molecule has 0 radical (unpaired) electrons. The molecule has 9 heteroatoms. The van der Waals surface area contributed by atoms with Gasteiger partial charge in [-0.1, -0.05) is 30.0 Å². The molecule has 206 valence electrons. The summed E-state index contributed by atoms with van der Waals surface area (Å²) in [6, 6.07) is 17.1. The number of nitrogens with zero attached hydrogens (tertiary/aromatic N) is 3. The van der Waals surface area contributed by atoms with Gasteiger partial charge >= 0.3 is 0 Å². The largest absolute Gasteiger partial charge is 0.489 e. The van der Waals surface area contributed by atoms with E-state index in [2.05, 4.69) is 40.9 Å². The summed E-state index contributed by atoms with van der Waals surface area (Å²) in [6.07, 6.45) is 1.49. The molecule has 0 aliphatic carbocycles. The van der Waals surface area contributed by atoms with Crippen LogP contribution in [-0.4, -0.2) is 73.2 Å². The minimum absolute atomic E-state index is 0.0167. The Morgan fingerprint density at radius 3 is 2.62 bits per heavy atom. The molecule has 40 heavy (non-hydrogen) atoms. The summed E-state index contributed by atoms with van der Waals surface area (Å²) in [5.41, 5.74) is 1.17. The zero-order valence-electron chi connectivity index (χ0n) is 22.8. The zero-order valence-corrected chi connectivity index (χ0v) is 22.8. The van der Waals surface area contributed by atoms with Crippen LogP contribution in [0.3, 0.4) is 0 Å². The van der Waals surface area contributed by atoms with Gasteiger partial charge in [0, 0.05) is 38.0 Å². The van der Waals surface area contributed by atoms with Crippen LogP contribution in [0.25, 0.3) is 0 Å². The molecule has 2 aliphatic rings. The van der Waals surface area contributed by atoms with Gasteiger partial charge in [0.05, 0.1) is 24.4 Å². The lowest BCUT2D eigenvalue weighted by atomic mass is 10.0. The van der Waals surface area contributed by atoms with E-state index >= 15 is 0 Å². The van der Waals surface area contributed by atoms with Crippen molar-refractivity contribution in [1.29, 1.82) is 0 Å². The van der Waals surface area contributed by atoms with Crippen molar-refractivity contribution < 1.29 is 23.8 Å². The third-order valence-corrected chi connectivity index (χ3v) is 6.92. The van der Waals surface area contributed by atoms with E-state index in [-0.39, 0.29) is 23.7 Å². The van der Waals surface area contributed by atoms with Gasteiger partial charge in [0.2, 0.25) is 0 Å². The average Bonchev–Trinajstić information content (AvgIpc) is 3.09. The minimum Gasteiger partial charge on any atom is -0.489 e. The number of para-hydroxylation sites is 1. The first-order valence-electron chi connectivity index (χ1n) is 13.2. The Bertz CT molecular complexity index is 1440. The van der Waals surface area contributed by atoms with Gasteiger partial charge in [0.15, 0.2) is 0 Å². The summed E-state index contributed by atoms with van der Waals surface area (Å²) in [5, 5.41) is 2.76. The summed E-state index contributed by atoms with van der Waals surface area (Å²) in [6.45, 7) is 7.26. The van der Waals surface area contributed by atoms with Gasteiger partial charge in [-0.25, -0.2) is 0 Å². The van der Waals surface area contributed by atoms with Crippen molar-refractivity contribution in [3.63, 3.8) is 0 Å². The predicted molar refractivity (Wildman–Crippen MR) is 151 cm³/mol. The van der Waals surface area contributed by atoms with E-state index in [4.69, 9.17) is 14.2 Å². The molecule has 3 aromatic rings. The number of anilines is 1. The first-order valence-corrected chi connectivity index (χ1v) is 13.2. The average molecular weight is 541 g/mol. The number of carbonyl (C=O) groups is 2. The maximum absolute atomic E-state index is 13.3. The zero-order chi connectivity index (χ0) is 28.1. The van der Waals surface area contributed by atoms with E-state index in [0.29, 0.717) is 36.1 Å². The van der Waals surface area contributed by atoms with Crippen molar-refractivity contribution >= 4 is 17.5 Å². The van der Waals surface area contributed by atoms with E-state index in [0.717, 1.165) is 18.7 Å². The highest BCUT2D eigenvalue weighted by Crippen LogP contribution is 2.32. The number of amides is 2. The van der Waals surface area contributed by atoms with Crippen LogP contribution in [0.15, 0.2) is 66.9 Å². The highest BCUT2D eigenvalue weighted by Gasteiger charge is 2.31. The third-order valence-electron chi connectivity index (χ3n) is 6.92. The summed E-state index contributed by atoms with van der Waals surface area (Å²) in [7, 11) is 1.66. The molecule has 0 saturated carbocycles. The molecule has 1 atom stereocenters. The van der Waals surface area contributed by atoms with E-state index in [1.165, 1.54) is 17.2 Å². The van der Waals surface area contributed by atoms with Gasteiger partial charge in [0.25, 0.3) is 11.8 Å². The number of carbonyl (C=O) groups excluding carboxylic acids is 2. The lowest BCUT2D eigenvalue weighted by molar-refractivity contribution is -0.120. The Kier molecular flexibility index (Phi) is 8.01. The smallest absolute Gasteiger partial charge is 0.270 e. The molecule has 2 aliphatic heterocycles. The second kappa shape index (κ2) is 11.8. The van der Waals surface area contributed by atoms with Gasteiger partial charge in [0.1, 0.15) is 35.6 Å². The van der Waals surface area contributed by atoms with Gasteiger partial charge in [-0.05, 0) is 50.2 Å². The fraction of sp³-hybridized carbons (Fsp3) is 0.323. The summed E-state index contributed by atoms with van der Waals surface area (Å²) >= 11 is 0. The van der Waals surface area contributed by atoms with Crippen molar-refractivity contribution in [3.8, 4) is 29.1 Å². The second-order valence-electron chi connectivity index (χ2n) is 10.1. The molecule has 0 unspecified atom stereocenters. The summed E-state index contributed by atoms with van der Waals surface area (Å²) in [4.78, 5) is 34.3. The molecule has 1 aromatic heterocycles. The van der Waals surface area contributed by atoms with Crippen molar-refractivity contribution in [2.75, 3.05) is 44.9 Å². The van der Waals surface area contributed by atoms with E-state index in [1.807, 2.05) is 42.5 Å². The van der Waals surface area contributed by atoms with E-state index < -0.39 is 11.9 Å². The van der Waals surface area contributed by atoms with Gasteiger partial charge in [-0.3, -0.25) is 19.5 Å². The third kappa shape index (κ3) is 6.25. The normalized spacial score (nSPS) is 17.5. The van der Waals surface area contributed by atoms with Crippen LogP contribution in [0.5, 0.6) is 17.2 Å². The molecular formula is C31H32N4O5. The van der Waals surface area contributed by atoms with Gasteiger partial charge in [-0.15, -0.1) is 0 Å². The van der Waals surface area contributed by atoms with Crippen molar-refractivity contribution in [2.24, 2.45) is 0 Å². The number of pyridine rings is 1. The lowest BCUT2D eigenvalue weighted by Crippen LogP contribution is -2.49. The number of rotatable bonds is 5. The number of likely N-dealkylation sites (N-methyl/N-ethyl adjacent to an activating group) is 1. The lowest BCUT2D eigenvalue weighted by Gasteiger charge is -2.37. The number of nitrogens with one attached hydrogen (secondary N) is 1. The van der Waals surface area contributed by atoms with Crippen LogP contribution in [0.4, 0.5) is 5.69 Å². The number of ether oxygens (including phenoxy) is 3. The van der Waals surface area contributed by atoms with Gasteiger partial charge < -0.3 is 24.4 Å². The summed E-state index contributed by atoms with van der Waals surface area (Å²) < 4.78 is 17.2. The summed E-state index contributed by atoms with van der Waals surface area (Å²) in [5.74, 6) is 7.47. The molecule has 0 spiro atoms. The molecule has 1 saturated heterocycles. The SMILES string of the molecule is CN1C(=O)[C@@H](NC(=O)c2cc(Oc3ccccc3)ccn2)COc2ccc(C#CC(C)(C)N3CCOCC3)cc21. The molecule has 2 aromatic carbocycles. The Labute approximate surface area is 234 Å². The van der Waals surface area contributed by atoms with Crippen LogP contribution in [0, 0.1) is 11.8 Å². The van der Waals surface area contributed by atoms with Crippen LogP contribution in [-0.2, 0) is 9.53 Å². The molecule has 9 nitrogen and oxygen atoms in total. The Balaban J connectivity index is 1.27. The Morgan fingerprint density at radius 1 is 1.07 bits per heavy atom. The fourth-order valence-electron chi connectivity index (χ4n) is 4.56. The monoisotopic (exact) mass is 540 g/mol. The highest BCUT2D eigenvalue weighted by molar-refractivity contribution is 6.03. The van der Waals surface area contributed by atoms with Crippen molar-refractivity contribution in [3.05, 3.63) is 78.1 Å². The van der Waals surface area contributed by atoms with E-state index in [9.17, 15) is 9.59 Å². The fourth-order valence-corrected chi connectivity index (χ4v) is 4.56. The maximum atomic E-state index is 13.3. The molecule has 5 rings (SSSR count). The topological polar surface area (TPSA) is 93.2 Å². The van der Waals surface area contributed by atoms with Gasteiger partial charge in [-0.2, -0.15) is 0 Å². The van der Waals surface area contributed by atoms with Crippen LogP contribution in [0.2, 0.25) is 0 Å². The highest BCUT2D eigenvalue weighted by atomic mass is 16.5. The minimum atomic E-state index is -0.903. The standard InChI is InChI=1S/C31H32N4O5/c1-31(2,35-15-17-38-18-16-35)13-11-22-9-10-28-27(19-22)34(3)30(37)26(21-39-28)33-29(36)25-20-24(12-14-32-25)40-23-7-5-4-6-8-23/h4-10,12,14,19-20,26H,15-18,21H2,1-3H3,(H,33,36)/t26-/m0/s1. The number of benzene rings is 2. The molecular weight excluding hydrogens is 508 g/mol. The van der Waals surface area contributed by atoms with Crippen molar-refractivity contribution in [2.45, 2.75) is 25.4 Å². The van der Waals surface area contributed by atoms with Crippen LogP contribution in [0.1, 0.15) is 29.9 Å². The molecule has 0 bridgehead atoms. The number of hydrogen-bond donors (Lipinski definition) is 1. The first kappa shape index (κ1) is 27.2. The van der Waals surface area contributed by atoms with E-state index in [1.54, 1.807) is 19.2 Å². The Morgan fingerprint density at radius 2 is 1.85 bits per heavy atom. The number of morpholine rings is 1. The van der Waals surface area contributed by atoms with Crippen LogP contribution >= 0.6 is 0 Å². The predicted octanol–water partition coefficient (Wildman–Crippen LogP) is 3.49. The molecule has 2 amide bonds. The second-order valence-corrected chi connectivity index (χ2v) is 10.1. The number of aromatic nitrogens is 1. The molecule has 3 heterocycles. The Hall–Kier alpha value is -4.39. The number of fused-ring (bicyclic) bond motifs is 1. The number of hydrogen-bond acceptors (Lipinski definition) is 7. The van der Waals surface area contributed by atoms with Crippen LogP contribution < -0.4 is 19.7 Å². The maximum Gasteiger partial charge on any atom is 0.270 e. The molecule has 1 fully saturated rings. The quantitative estimate of drug-likeness (QED) is 0.496.